The highest BCUT2D eigenvalue weighted by molar-refractivity contribution is 6.07. The first-order valence-corrected chi connectivity index (χ1v) is 23.1. The first-order chi connectivity index (χ1) is 32.2. The average Bonchev–Trinajstić information content (AvgIpc) is 3.79. The van der Waals surface area contributed by atoms with E-state index >= 15 is 0 Å². The van der Waals surface area contributed by atoms with Gasteiger partial charge in [-0.3, -0.25) is 4.98 Å². The number of pyridine rings is 1. The van der Waals surface area contributed by atoms with Gasteiger partial charge in [0.1, 0.15) is 16.9 Å². The van der Waals surface area contributed by atoms with E-state index in [1.807, 2.05) is 53.0 Å². The van der Waals surface area contributed by atoms with Crippen molar-refractivity contribution in [1.82, 2.24) is 4.98 Å². The van der Waals surface area contributed by atoms with Crippen LogP contribution in [0, 0.1) is 13.8 Å². The first kappa shape index (κ1) is 48.0. The quantitative estimate of drug-likeness (QED) is 0.136. The van der Waals surface area contributed by atoms with Crippen LogP contribution < -0.4 is 0 Å². The van der Waals surface area contributed by atoms with Crippen molar-refractivity contribution in [3.63, 3.8) is 0 Å². The Kier molecular flexibility index (Phi) is 16.7. The van der Waals surface area contributed by atoms with Crippen molar-refractivity contribution in [2.24, 2.45) is 0 Å². The fourth-order valence-corrected chi connectivity index (χ4v) is 8.07. The number of benzene rings is 5. The van der Waals surface area contributed by atoms with Gasteiger partial charge in [0, 0.05) is 27.3 Å². The Morgan fingerprint density at radius 2 is 1.18 bits per heavy atom. The van der Waals surface area contributed by atoms with Gasteiger partial charge in [0.2, 0.25) is 0 Å². The fraction of sp³-hybridized carbons (Fsp3) is 0.159. The molecule has 9 rings (SSSR count). The Balaban J connectivity index is 0.000000321. The smallest absolute Gasteiger partial charge is 0.153 e. The molecule has 0 unspecified atom stereocenters. The second kappa shape index (κ2) is 22.9. The molecule has 0 bridgehead atoms. The number of fused-ring (bicyclic) bond motifs is 4. The second-order valence-corrected chi connectivity index (χ2v) is 15.8. The van der Waals surface area contributed by atoms with Crippen molar-refractivity contribution in [3.8, 4) is 33.4 Å². The first-order valence-electron chi connectivity index (χ1n) is 23.1. The minimum atomic E-state index is 0.796. The molecule has 0 N–H and O–H groups in total. The van der Waals surface area contributed by atoms with E-state index in [2.05, 4.69) is 193 Å². The summed E-state index contributed by atoms with van der Waals surface area (Å²) < 4.78 is 12.2. The molecule has 3 heterocycles. The standard InChI is InChI=1S/C44H33NO2.C15H18.2C2H6/c1-4-5-16-37-29(3)46-42-19-17-34(24-38(37)42)32-14-8-12-30(22-32)31-13-9-15-33(23-31)35-18-20-43-39(25-35)40-26-41(45-27-44(40)47-43)36-11-7-6-10-28(2)21-36;1-5-6-9-12(2)14(4)15-11-8-7-10-13(15)3;2*1-2/h4-5,7-27H,1,6H2,2-3H3;5-11H,1H2,2-4H3;2*1-2H3/b16-5-;9-6-,14-12+;;. The fourth-order valence-electron chi connectivity index (χ4n) is 8.07. The lowest BCUT2D eigenvalue weighted by atomic mass is 9.95. The Hall–Kier alpha value is -7.49. The summed E-state index contributed by atoms with van der Waals surface area (Å²) in [4.78, 5) is 4.74. The summed E-state index contributed by atoms with van der Waals surface area (Å²) in [6.07, 6.45) is 23.2. The Morgan fingerprint density at radius 3 is 1.80 bits per heavy atom. The van der Waals surface area contributed by atoms with Gasteiger partial charge in [0.05, 0.1) is 11.9 Å². The van der Waals surface area contributed by atoms with Gasteiger partial charge < -0.3 is 8.83 Å². The lowest BCUT2D eigenvalue weighted by molar-refractivity contribution is 0.577. The lowest BCUT2D eigenvalue weighted by Gasteiger charge is -2.09. The summed E-state index contributed by atoms with van der Waals surface area (Å²) in [5.41, 5.74) is 19.1. The second-order valence-electron chi connectivity index (χ2n) is 15.8. The third-order valence-corrected chi connectivity index (χ3v) is 11.6. The molecule has 3 heteroatoms. The van der Waals surface area contributed by atoms with Crippen LogP contribution in [-0.4, -0.2) is 4.98 Å². The number of hydrogen-bond donors (Lipinski definition) is 0. The molecule has 8 aromatic rings. The topological polar surface area (TPSA) is 39.2 Å². The Bertz CT molecular complexity index is 3190. The third kappa shape index (κ3) is 11.1. The van der Waals surface area contributed by atoms with E-state index in [0.717, 1.165) is 84.2 Å². The molecular weight excluding hydrogens is 803 g/mol. The zero-order valence-electron chi connectivity index (χ0n) is 40.2. The van der Waals surface area contributed by atoms with Gasteiger partial charge in [0.25, 0.3) is 0 Å². The number of allylic oxidation sites excluding steroid dienone is 13. The molecule has 0 saturated heterocycles. The molecular formula is C63H63NO2. The number of hydrogen-bond acceptors (Lipinski definition) is 3. The van der Waals surface area contributed by atoms with Gasteiger partial charge in [0.15, 0.2) is 5.58 Å². The zero-order valence-corrected chi connectivity index (χ0v) is 40.2. The average molecular weight is 866 g/mol. The van der Waals surface area contributed by atoms with E-state index in [4.69, 9.17) is 13.8 Å². The van der Waals surface area contributed by atoms with Crippen molar-refractivity contribution in [2.45, 2.75) is 68.7 Å². The summed E-state index contributed by atoms with van der Waals surface area (Å²) in [5.74, 6) is 0.904. The van der Waals surface area contributed by atoms with Gasteiger partial charge in [-0.1, -0.05) is 180 Å². The maximum absolute atomic E-state index is 6.21. The minimum absolute atomic E-state index is 0.796. The molecule has 332 valence electrons. The molecule has 0 aliphatic heterocycles. The van der Waals surface area contributed by atoms with E-state index in [1.165, 1.54) is 39.0 Å². The van der Waals surface area contributed by atoms with Gasteiger partial charge in [-0.25, -0.2) is 0 Å². The normalized spacial score (nSPS) is 12.6. The molecule has 0 fully saturated rings. The van der Waals surface area contributed by atoms with Crippen molar-refractivity contribution < 1.29 is 8.83 Å². The summed E-state index contributed by atoms with van der Waals surface area (Å²) >= 11 is 0. The molecule has 1 aliphatic rings. The van der Waals surface area contributed by atoms with E-state index in [-0.39, 0.29) is 0 Å². The van der Waals surface area contributed by atoms with E-state index < -0.39 is 0 Å². The van der Waals surface area contributed by atoms with E-state index in [1.54, 1.807) is 12.2 Å². The SMILES string of the molecule is C=C/C=C\C(C)=C(/C)c1ccccc1C.C=C/C=C\c1c(C)oc2ccc(-c3cccc(-c4cccc(-c5ccc6oc7cnc(C8=CC(C)=CCC=C8)cc7c6c5)c4)c3)cc12.CC.CC. The van der Waals surface area contributed by atoms with Crippen molar-refractivity contribution in [1.29, 1.82) is 0 Å². The van der Waals surface area contributed by atoms with Gasteiger partial charge in [-0.15, -0.1) is 0 Å². The number of furan rings is 2. The van der Waals surface area contributed by atoms with Crippen LogP contribution in [-0.2, 0) is 0 Å². The van der Waals surface area contributed by atoms with Crippen LogP contribution in [0.4, 0.5) is 0 Å². The van der Waals surface area contributed by atoms with Crippen LogP contribution in [0.2, 0.25) is 0 Å². The Labute approximate surface area is 392 Å². The summed E-state index contributed by atoms with van der Waals surface area (Å²) in [6, 6.07) is 41.0. The number of aromatic nitrogens is 1. The molecule has 66 heavy (non-hydrogen) atoms. The van der Waals surface area contributed by atoms with Crippen molar-refractivity contribution in [3.05, 3.63) is 229 Å². The van der Waals surface area contributed by atoms with Crippen LogP contribution in [0.1, 0.15) is 83.0 Å². The van der Waals surface area contributed by atoms with Crippen LogP contribution in [0.3, 0.4) is 0 Å². The van der Waals surface area contributed by atoms with Crippen LogP contribution in [0.15, 0.2) is 209 Å². The Morgan fingerprint density at radius 1 is 0.606 bits per heavy atom. The predicted octanol–water partition coefficient (Wildman–Crippen LogP) is 19.1. The maximum atomic E-state index is 6.21. The molecule has 0 atom stereocenters. The molecule has 3 nitrogen and oxygen atoms in total. The van der Waals surface area contributed by atoms with Crippen LogP contribution >= 0.6 is 0 Å². The molecule has 0 saturated carbocycles. The predicted molar refractivity (Wildman–Crippen MR) is 289 cm³/mol. The minimum Gasteiger partial charge on any atom is -0.461 e. The highest BCUT2D eigenvalue weighted by atomic mass is 16.3. The van der Waals surface area contributed by atoms with Crippen molar-refractivity contribution in [2.75, 3.05) is 0 Å². The summed E-state index contributed by atoms with van der Waals surface area (Å²) in [6.45, 7) is 26.1. The van der Waals surface area contributed by atoms with Crippen LogP contribution in [0.25, 0.3) is 83.5 Å². The monoisotopic (exact) mass is 865 g/mol. The molecule has 3 aromatic heterocycles. The lowest BCUT2D eigenvalue weighted by Crippen LogP contribution is -1.87. The number of aryl methyl sites for hydroxylation is 2. The summed E-state index contributed by atoms with van der Waals surface area (Å²) in [7, 11) is 0. The third-order valence-electron chi connectivity index (χ3n) is 11.6. The molecule has 0 radical (unpaired) electrons. The maximum Gasteiger partial charge on any atom is 0.153 e. The van der Waals surface area contributed by atoms with Gasteiger partial charge in [-0.05, 0) is 139 Å². The van der Waals surface area contributed by atoms with Gasteiger partial charge >= 0.3 is 0 Å². The van der Waals surface area contributed by atoms with Gasteiger partial charge in [-0.2, -0.15) is 0 Å². The largest absolute Gasteiger partial charge is 0.461 e. The molecule has 0 amide bonds. The number of rotatable bonds is 9. The highest BCUT2D eigenvalue weighted by Gasteiger charge is 2.14. The highest BCUT2D eigenvalue weighted by Crippen LogP contribution is 2.37. The summed E-state index contributed by atoms with van der Waals surface area (Å²) in [5, 5.41) is 3.26. The molecule has 0 spiro atoms. The van der Waals surface area contributed by atoms with E-state index in [0.29, 0.717) is 0 Å². The zero-order chi connectivity index (χ0) is 47.2. The van der Waals surface area contributed by atoms with E-state index in [9.17, 15) is 0 Å². The molecule has 1 aliphatic carbocycles. The van der Waals surface area contributed by atoms with Crippen LogP contribution in [0.5, 0.6) is 0 Å². The molecule has 5 aromatic carbocycles. The number of nitrogens with zero attached hydrogens (tertiary/aromatic N) is 1. The van der Waals surface area contributed by atoms with Crippen molar-refractivity contribution >= 4 is 50.1 Å².